The van der Waals surface area contributed by atoms with E-state index in [1.54, 1.807) is 31.2 Å². The third kappa shape index (κ3) is 5.18. The van der Waals surface area contributed by atoms with Gasteiger partial charge in [0.15, 0.2) is 5.75 Å². The van der Waals surface area contributed by atoms with Crippen LogP contribution >= 0.6 is 47.8 Å². The molecule has 27 heavy (non-hydrogen) atoms. The lowest BCUT2D eigenvalue weighted by Crippen LogP contribution is -2.14. The fourth-order valence-corrected chi connectivity index (χ4v) is 4.26. The van der Waals surface area contributed by atoms with Crippen LogP contribution in [-0.4, -0.2) is 25.0 Å². The van der Waals surface area contributed by atoms with Gasteiger partial charge < -0.3 is 14.8 Å². The highest BCUT2D eigenvalue weighted by Gasteiger charge is 2.18. The molecular weight excluding hydrogens is 550 g/mol. The normalized spacial score (nSPS) is 10.3. The van der Waals surface area contributed by atoms with E-state index >= 15 is 0 Å². The van der Waals surface area contributed by atoms with Gasteiger partial charge in [-0.05, 0) is 84.5 Å². The number of aryl methyl sites for hydroxylation is 1. The van der Waals surface area contributed by atoms with Gasteiger partial charge in [-0.2, -0.15) is 0 Å². The van der Waals surface area contributed by atoms with E-state index in [0.29, 0.717) is 41.5 Å². The Labute approximate surface area is 181 Å². The number of halogens is 3. The Balaban J connectivity index is 2.33. The molecule has 0 aliphatic rings. The van der Waals surface area contributed by atoms with Crippen LogP contribution in [0.1, 0.15) is 33.2 Å². The summed E-state index contributed by atoms with van der Waals surface area (Å²) in [5.74, 6) is -1.02. The molecule has 0 saturated carbocycles. The van der Waals surface area contributed by atoms with Crippen LogP contribution in [0.15, 0.2) is 37.7 Å². The highest BCUT2D eigenvalue weighted by atomic mass is 79.9. The fourth-order valence-electron chi connectivity index (χ4n) is 2.26. The van der Waals surface area contributed by atoms with Crippen molar-refractivity contribution in [1.82, 2.24) is 0 Å². The van der Waals surface area contributed by atoms with Gasteiger partial charge in [0.25, 0.3) is 5.91 Å². The minimum Gasteiger partial charge on any atom is -0.465 e. The summed E-state index contributed by atoms with van der Waals surface area (Å²) in [5, 5.41) is 2.81. The Kier molecular flexibility index (Phi) is 7.19. The smallest absolute Gasteiger partial charge is 0.337 e. The van der Waals surface area contributed by atoms with Crippen LogP contribution in [0.2, 0.25) is 0 Å². The van der Waals surface area contributed by atoms with Gasteiger partial charge in [-0.25, -0.2) is 4.79 Å². The number of ether oxygens (including phenoxy) is 2. The van der Waals surface area contributed by atoms with Crippen LogP contribution < -0.4 is 10.1 Å². The van der Waals surface area contributed by atoms with E-state index in [-0.39, 0.29) is 5.91 Å². The van der Waals surface area contributed by atoms with Gasteiger partial charge in [0.1, 0.15) is 0 Å². The van der Waals surface area contributed by atoms with Gasteiger partial charge in [0.05, 0.1) is 27.3 Å². The SMILES string of the molecule is COC(=O)c1cc(C)c(NC(=O)c2cc(Br)c(OC(C)=O)c(Br)c2)c(Br)c1. The minimum atomic E-state index is -0.473. The summed E-state index contributed by atoms with van der Waals surface area (Å²) in [6.07, 6.45) is 0. The average molecular weight is 564 g/mol. The van der Waals surface area contributed by atoms with Crippen molar-refractivity contribution in [2.24, 2.45) is 0 Å². The zero-order chi connectivity index (χ0) is 20.3. The van der Waals surface area contributed by atoms with Gasteiger partial charge >= 0.3 is 11.9 Å². The highest BCUT2D eigenvalue weighted by molar-refractivity contribution is 9.11. The lowest BCUT2D eigenvalue weighted by atomic mass is 10.1. The third-order valence-corrected chi connectivity index (χ3v) is 5.26. The van der Waals surface area contributed by atoms with Gasteiger partial charge in [0, 0.05) is 17.0 Å². The molecule has 0 spiro atoms. The number of anilines is 1. The molecule has 2 rings (SSSR count). The zero-order valence-electron chi connectivity index (χ0n) is 14.5. The molecule has 0 aliphatic carbocycles. The maximum absolute atomic E-state index is 12.7. The molecule has 1 amide bonds. The third-order valence-electron chi connectivity index (χ3n) is 3.45. The van der Waals surface area contributed by atoms with E-state index in [2.05, 4.69) is 53.1 Å². The second kappa shape index (κ2) is 8.99. The number of carbonyl (C=O) groups is 3. The molecule has 6 nitrogen and oxygen atoms in total. The number of benzene rings is 2. The number of amides is 1. The molecule has 2 aromatic carbocycles. The number of rotatable bonds is 4. The van der Waals surface area contributed by atoms with Crippen LogP contribution in [0.3, 0.4) is 0 Å². The van der Waals surface area contributed by atoms with E-state index in [0.717, 1.165) is 0 Å². The number of hydrogen-bond acceptors (Lipinski definition) is 5. The van der Waals surface area contributed by atoms with Crippen molar-refractivity contribution in [3.63, 3.8) is 0 Å². The molecule has 0 saturated heterocycles. The Hall–Kier alpha value is -1.71. The Bertz CT molecular complexity index is 897. The van der Waals surface area contributed by atoms with Crippen molar-refractivity contribution in [3.05, 3.63) is 54.4 Å². The number of esters is 2. The van der Waals surface area contributed by atoms with Crippen molar-refractivity contribution in [2.75, 3.05) is 12.4 Å². The molecule has 0 fully saturated rings. The molecule has 0 heterocycles. The molecule has 142 valence electrons. The first-order chi connectivity index (χ1) is 12.6. The molecule has 0 radical (unpaired) electrons. The maximum Gasteiger partial charge on any atom is 0.337 e. The van der Waals surface area contributed by atoms with Gasteiger partial charge in [0.2, 0.25) is 0 Å². The highest BCUT2D eigenvalue weighted by Crippen LogP contribution is 2.35. The Morgan fingerprint density at radius 2 is 1.48 bits per heavy atom. The molecule has 1 N–H and O–H groups in total. The van der Waals surface area contributed by atoms with E-state index in [1.807, 2.05) is 0 Å². The Morgan fingerprint density at radius 1 is 0.926 bits per heavy atom. The molecule has 0 bridgehead atoms. The van der Waals surface area contributed by atoms with Crippen LogP contribution in [0.25, 0.3) is 0 Å². The minimum absolute atomic E-state index is 0.291. The largest absolute Gasteiger partial charge is 0.465 e. The van der Waals surface area contributed by atoms with Crippen LogP contribution in [0, 0.1) is 6.92 Å². The zero-order valence-corrected chi connectivity index (χ0v) is 19.2. The lowest BCUT2D eigenvalue weighted by molar-refractivity contribution is -0.131. The number of carbonyl (C=O) groups excluding carboxylic acids is 3. The van der Waals surface area contributed by atoms with Gasteiger partial charge in [-0.3, -0.25) is 9.59 Å². The molecule has 0 atom stereocenters. The standard InChI is InChI=1S/C18H14Br3NO5/c1-8-4-11(18(25)26-3)7-12(19)15(8)22-17(24)10-5-13(20)16(14(21)6-10)27-9(2)23/h4-7H,1-3H3,(H,22,24). The second-order valence-corrected chi connectivity index (χ2v) is 8.02. The molecule has 0 aliphatic heterocycles. The summed E-state index contributed by atoms with van der Waals surface area (Å²) in [5.41, 5.74) is 1.93. The summed E-state index contributed by atoms with van der Waals surface area (Å²) in [6.45, 7) is 3.06. The van der Waals surface area contributed by atoms with Crippen molar-refractivity contribution in [3.8, 4) is 5.75 Å². The molecule has 0 aromatic heterocycles. The summed E-state index contributed by atoms with van der Waals surface area (Å²) in [4.78, 5) is 35.5. The predicted octanol–water partition coefficient (Wildman–Crippen LogP) is 5.25. The predicted molar refractivity (Wildman–Crippen MR) is 111 cm³/mol. The average Bonchev–Trinajstić information content (AvgIpc) is 2.59. The summed E-state index contributed by atoms with van der Waals surface area (Å²) >= 11 is 9.95. The molecule has 0 unspecified atom stereocenters. The van der Waals surface area contributed by atoms with E-state index in [9.17, 15) is 14.4 Å². The monoisotopic (exact) mass is 561 g/mol. The Morgan fingerprint density at radius 3 is 1.96 bits per heavy atom. The molecular formula is C18H14Br3NO5. The van der Waals surface area contributed by atoms with Gasteiger partial charge in [-0.15, -0.1) is 0 Å². The van der Waals surface area contributed by atoms with E-state index in [4.69, 9.17) is 9.47 Å². The summed E-state index contributed by atoms with van der Waals surface area (Å²) < 4.78 is 11.3. The molecule has 9 heteroatoms. The van der Waals surface area contributed by atoms with Crippen molar-refractivity contribution in [2.45, 2.75) is 13.8 Å². The number of nitrogens with one attached hydrogen (secondary N) is 1. The van der Waals surface area contributed by atoms with Crippen molar-refractivity contribution in [1.29, 1.82) is 0 Å². The number of methoxy groups -OCH3 is 1. The van der Waals surface area contributed by atoms with Crippen molar-refractivity contribution >= 4 is 71.3 Å². The van der Waals surface area contributed by atoms with E-state index in [1.165, 1.54) is 14.0 Å². The lowest BCUT2D eigenvalue weighted by Gasteiger charge is -2.14. The topological polar surface area (TPSA) is 81.7 Å². The quantitative estimate of drug-likeness (QED) is 0.406. The first-order valence-electron chi connectivity index (χ1n) is 7.51. The number of hydrogen-bond donors (Lipinski definition) is 1. The van der Waals surface area contributed by atoms with Crippen LogP contribution in [0.4, 0.5) is 5.69 Å². The van der Waals surface area contributed by atoms with E-state index < -0.39 is 11.9 Å². The fraction of sp³-hybridized carbons (Fsp3) is 0.167. The maximum atomic E-state index is 12.7. The van der Waals surface area contributed by atoms with Crippen LogP contribution in [-0.2, 0) is 9.53 Å². The first kappa shape index (κ1) is 21.6. The second-order valence-electron chi connectivity index (χ2n) is 5.46. The summed E-state index contributed by atoms with van der Waals surface area (Å²) in [7, 11) is 1.30. The van der Waals surface area contributed by atoms with Crippen LogP contribution in [0.5, 0.6) is 5.75 Å². The van der Waals surface area contributed by atoms with Gasteiger partial charge in [-0.1, -0.05) is 0 Å². The first-order valence-corrected chi connectivity index (χ1v) is 9.89. The summed E-state index contributed by atoms with van der Waals surface area (Å²) in [6, 6.07) is 6.29. The molecule has 2 aromatic rings. The van der Waals surface area contributed by atoms with Crippen molar-refractivity contribution < 1.29 is 23.9 Å².